The maximum Gasteiger partial charge on any atom is 0.335 e. The Morgan fingerprint density at radius 1 is 1.08 bits per heavy atom. The van der Waals surface area contributed by atoms with Gasteiger partial charge in [0.15, 0.2) is 0 Å². The van der Waals surface area contributed by atoms with Gasteiger partial charge in [0.25, 0.3) is 5.56 Å². The summed E-state index contributed by atoms with van der Waals surface area (Å²) < 4.78 is 1.01. The van der Waals surface area contributed by atoms with E-state index in [-0.39, 0.29) is 5.56 Å². The molecule has 2 aromatic carbocycles. The molecule has 0 radical (unpaired) electrons. The number of rotatable bonds is 2. The van der Waals surface area contributed by atoms with Crippen LogP contribution < -0.4 is 21.8 Å². The number of para-hydroxylation sites is 1. The lowest BCUT2D eigenvalue weighted by molar-refractivity contribution is 0.429. The second-order valence-electron chi connectivity index (χ2n) is 5.69. The Labute approximate surface area is 151 Å². The molecule has 1 aromatic heterocycles. The topological polar surface area (TPSA) is 87.5 Å². The number of allylic oxidation sites excluding steroid dienone is 1. The monoisotopic (exact) mass is 365 g/mol. The van der Waals surface area contributed by atoms with Crippen molar-refractivity contribution >= 4 is 23.8 Å². The maximum absolute atomic E-state index is 12.2. The van der Waals surface area contributed by atoms with Crippen molar-refractivity contribution in [2.45, 2.75) is 0 Å². The molecule has 0 fully saturated rings. The number of hydrogen-bond donors (Lipinski definition) is 2. The van der Waals surface area contributed by atoms with E-state index in [1.807, 2.05) is 24.3 Å². The van der Waals surface area contributed by atoms with Gasteiger partial charge in [-0.1, -0.05) is 29.8 Å². The van der Waals surface area contributed by atoms with Gasteiger partial charge in [-0.25, -0.2) is 14.4 Å². The summed E-state index contributed by atoms with van der Waals surface area (Å²) in [6.07, 6.45) is 3.24. The van der Waals surface area contributed by atoms with Gasteiger partial charge < -0.3 is 5.11 Å². The summed E-state index contributed by atoms with van der Waals surface area (Å²) in [5.74, 6) is -0.465. The molecular weight excluding hydrogens is 354 g/mol. The average molecular weight is 366 g/mol. The highest BCUT2D eigenvalue weighted by molar-refractivity contribution is 6.30. The predicted octanol–water partition coefficient (Wildman–Crippen LogP) is 1.34. The van der Waals surface area contributed by atoms with Gasteiger partial charge in [-0.05, 0) is 42.5 Å². The zero-order chi connectivity index (χ0) is 18.3. The van der Waals surface area contributed by atoms with Crippen LogP contribution in [0.2, 0.25) is 5.02 Å². The smallest absolute Gasteiger partial charge is 0.335 e. The summed E-state index contributed by atoms with van der Waals surface area (Å²) >= 11 is 5.86. The van der Waals surface area contributed by atoms with Crippen molar-refractivity contribution < 1.29 is 5.11 Å². The Kier molecular flexibility index (Phi) is 3.82. The molecule has 6 nitrogen and oxygen atoms in total. The third-order valence-electron chi connectivity index (χ3n) is 3.99. The van der Waals surface area contributed by atoms with Crippen LogP contribution in [0.25, 0.3) is 17.8 Å². The third-order valence-corrected chi connectivity index (χ3v) is 4.24. The van der Waals surface area contributed by atoms with E-state index >= 15 is 0 Å². The van der Waals surface area contributed by atoms with Crippen LogP contribution in [0, 0.1) is 0 Å². The molecule has 0 atom stereocenters. The third kappa shape index (κ3) is 2.76. The fraction of sp³-hybridized carbons (Fsp3) is 0. The summed E-state index contributed by atoms with van der Waals surface area (Å²) in [6.45, 7) is 0. The SMILES string of the molecule is O=c1[nH]c(=O)n(-c2ccc(Cl)cc2)c(O)c1/C=C1/C=c2ccccc2=N1. The molecule has 26 heavy (non-hydrogen) atoms. The van der Waals surface area contributed by atoms with Gasteiger partial charge in [-0.15, -0.1) is 0 Å². The lowest BCUT2D eigenvalue weighted by Crippen LogP contribution is -2.30. The highest BCUT2D eigenvalue weighted by Crippen LogP contribution is 2.20. The van der Waals surface area contributed by atoms with Crippen molar-refractivity contribution in [1.29, 1.82) is 0 Å². The van der Waals surface area contributed by atoms with E-state index in [9.17, 15) is 14.7 Å². The molecule has 4 rings (SSSR count). The molecule has 0 saturated carbocycles. The first-order valence-corrected chi connectivity index (χ1v) is 8.12. The first-order chi connectivity index (χ1) is 12.5. The van der Waals surface area contributed by atoms with Crippen LogP contribution in [0.5, 0.6) is 5.88 Å². The van der Waals surface area contributed by atoms with Gasteiger partial charge in [0, 0.05) is 10.2 Å². The van der Waals surface area contributed by atoms with E-state index < -0.39 is 17.1 Å². The number of hydrogen-bond acceptors (Lipinski definition) is 4. The van der Waals surface area contributed by atoms with Gasteiger partial charge in [0.05, 0.1) is 16.7 Å². The van der Waals surface area contributed by atoms with E-state index in [0.29, 0.717) is 16.4 Å². The van der Waals surface area contributed by atoms with Crippen molar-refractivity contribution in [3.05, 3.63) is 96.2 Å². The van der Waals surface area contributed by atoms with Gasteiger partial charge in [0.2, 0.25) is 5.88 Å². The van der Waals surface area contributed by atoms with Gasteiger partial charge in [0.1, 0.15) is 5.56 Å². The second-order valence-corrected chi connectivity index (χ2v) is 6.13. The number of nitrogens with zero attached hydrogens (tertiary/aromatic N) is 2. The number of H-pyrrole nitrogens is 1. The van der Waals surface area contributed by atoms with E-state index in [2.05, 4.69) is 9.98 Å². The fourth-order valence-corrected chi connectivity index (χ4v) is 2.89. The number of aromatic nitrogens is 2. The molecule has 1 aliphatic heterocycles. The molecule has 0 saturated heterocycles. The lowest BCUT2D eigenvalue weighted by atomic mass is 10.2. The largest absolute Gasteiger partial charge is 0.494 e. The Morgan fingerprint density at radius 2 is 1.81 bits per heavy atom. The number of benzene rings is 2. The highest BCUT2D eigenvalue weighted by atomic mass is 35.5. The van der Waals surface area contributed by atoms with Crippen LogP contribution in [-0.2, 0) is 0 Å². The van der Waals surface area contributed by atoms with Crippen molar-refractivity contribution in [2.24, 2.45) is 4.99 Å². The lowest BCUT2D eigenvalue weighted by Gasteiger charge is -2.10. The summed E-state index contributed by atoms with van der Waals surface area (Å²) in [7, 11) is 0. The van der Waals surface area contributed by atoms with E-state index in [1.54, 1.807) is 30.3 Å². The van der Waals surface area contributed by atoms with Crippen molar-refractivity contribution in [1.82, 2.24) is 9.55 Å². The molecule has 0 bridgehead atoms. The molecule has 0 unspecified atom stereocenters. The van der Waals surface area contributed by atoms with Crippen molar-refractivity contribution in [2.75, 3.05) is 0 Å². The average Bonchev–Trinajstić information content (AvgIpc) is 3.03. The van der Waals surface area contributed by atoms with Gasteiger partial charge in [-0.2, -0.15) is 0 Å². The molecule has 0 aliphatic carbocycles. The Balaban J connectivity index is 1.91. The van der Waals surface area contributed by atoms with Crippen molar-refractivity contribution in [3.8, 4) is 11.6 Å². The highest BCUT2D eigenvalue weighted by Gasteiger charge is 2.15. The fourth-order valence-electron chi connectivity index (χ4n) is 2.76. The van der Waals surface area contributed by atoms with Crippen molar-refractivity contribution in [3.63, 3.8) is 0 Å². The number of nitrogens with one attached hydrogen (secondary N) is 1. The number of halogens is 1. The summed E-state index contributed by atoms with van der Waals surface area (Å²) in [6, 6.07) is 13.8. The molecule has 3 aromatic rings. The first kappa shape index (κ1) is 16.1. The Bertz CT molecular complexity index is 1250. The Morgan fingerprint density at radius 3 is 2.54 bits per heavy atom. The van der Waals surface area contributed by atoms with Crippen LogP contribution in [0.4, 0.5) is 0 Å². The first-order valence-electron chi connectivity index (χ1n) is 7.74. The van der Waals surface area contributed by atoms with E-state index in [0.717, 1.165) is 15.1 Å². The van der Waals surface area contributed by atoms with Crippen LogP contribution in [0.15, 0.2) is 68.8 Å². The number of fused-ring (bicyclic) bond motifs is 1. The summed E-state index contributed by atoms with van der Waals surface area (Å²) in [5, 5.41) is 12.7. The normalized spacial score (nSPS) is 14.0. The quantitative estimate of drug-likeness (QED) is 0.718. The molecule has 128 valence electrons. The molecule has 2 heterocycles. The minimum atomic E-state index is -0.743. The van der Waals surface area contributed by atoms with Crippen LogP contribution >= 0.6 is 11.6 Å². The van der Waals surface area contributed by atoms with Gasteiger partial charge >= 0.3 is 5.69 Å². The predicted molar refractivity (Wildman–Crippen MR) is 99.0 cm³/mol. The van der Waals surface area contributed by atoms with Crippen LogP contribution in [-0.4, -0.2) is 14.7 Å². The molecule has 0 spiro atoms. The number of aromatic amines is 1. The molecule has 1 aliphatic rings. The molecule has 2 N–H and O–H groups in total. The standard InChI is InChI=1S/C19H12ClN3O3/c20-12-5-7-14(8-6-12)23-18(25)15(17(24)22-19(23)26)10-13-9-11-3-1-2-4-16(11)21-13/h1-10,25H,(H,22,24,26)/b13-10-. The Hall–Kier alpha value is -3.38. The second kappa shape index (κ2) is 6.16. The summed E-state index contributed by atoms with van der Waals surface area (Å²) in [5.41, 5.74) is -0.601. The molecule has 7 heteroatoms. The minimum absolute atomic E-state index is 0.0534. The van der Waals surface area contributed by atoms with Crippen LogP contribution in [0.1, 0.15) is 5.56 Å². The molecule has 0 amide bonds. The minimum Gasteiger partial charge on any atom is -0.494 e. The maximum atomic E-state index is 12.2. The van der Waals surface area contributed by atoms with Gasteiger partial charge in [-0.3, -0.25) is 9.78 Å². The van der Waals surface area contributed by atoms with Crippen LogP contribution in [0.3, 0.4) is 0 Å². The zero-order valence-corrected chi connectivity index (χ0v) is 14.1. The zero-order valence-electron chi connectivity index (χ0n) is 13.3. The number of aromatic hydroxyl groups is 1. The van der Waals surface area contributed by atoms with E-state index in [4.69, 9.17) is 11.6 Å². The molecular formula is C19H12ClN3O3. The summed E-state index contributed by atoms with van der Waals surface area (Å²) in [4.78, 5) is 31.0. The van der Waals surface area contributed by atoms with E-state index in [1.165, 1.54) is 6.08 Å².